The first kappa shape index (κ1) is 15.2. The number of nitrogens with one attached hydrogen (secondary N) is 1. The van der Waals surface area contributed by atoms with Gasteiger partial charge >= 0.3 is 5.69 Å². The number of amides is 1. The van der Waals surface area contributed by atoms with Crippen molar-refractivity contribution in [3.05, 3.63) is 33.8 Å². The molecule has 2 aromatic heterocycles. The molecule has 2 rings (SSSR count). The van der Waals surface area contributed by atoms with E-state index in [0.29, 0.717) is 0 Å². The summed E-state index contributed by atoms with van der Waals surface area (Å²) in [6.07, 6.45) is 2.44. The summed E-state index contributed by atoms with van der Waals surface area (Å²) < 4.78 is 2.62. The highest BCUT2D eigenvalue weighted by Crippen LogP contribution is 2.21. The summed E-state index contributed by atoms with van der Waals surface area (Å²) in [4.78, 5) is 22.5. The van der Waals surface area contributed by atoms with Crippen LogP contribution in [0.2, 0.25) is 0 Å². The molecule has 0 aliphatic rings. The van der Waals surface area contributed by atoms with Gasteiger partial charge in [-0.2, -0.15) is 15.5 Å². The summed E-state index contributed by atoms with van der Waals surface area (Å²) >= 11 is 0. The molecule has 1 amide bonds. The zero-order chi connectivity index (χ0) is 16.4. The number of nitrogens with zero attached hydrogens (tertiary/aromatic N) is 6. The summed E-state index contributed by atoms with van der Waals surface area (Å²) in [6, 6.07) is 1.14. The van der Waals surface area contributed by atoms with E-state index in [4.69, 9.17) is 5.26 Å². The fraction of sp³-hybridized carbons (Fsp3) is 0.333. The third-order valence-corrected chi connectivity index (χ3v) is 3.26. The fourth-order valence-corrected chi connectivity index (χ4v) is 1.98. The Bertz CT molecular complexity index is 783. The molecule has 22 heavy (non-hydrogen) atoms. The average Bonchev–Trinajstić information content (AvgIpc) is 3.02. The molecule has 0 aliphatic heterocycles. The quantitative estimate of drug-likeness (QED) is 0.659. The van der Waals surface area contributed by atoms with Crippen LogP contribution in [0.15, 0.2) is 12.4 Å². The van der Waals surface area contributed by atoms with Gasteiger partial charge in [0.25, 0.3) is 0 Å². The van der Waals surface area contributed by atoms with Crippen molar-refractivity contribution in [1.82, 2.24) is 19.6 Å². The summed E-state index contributed by atoms with van der Waals surface area (Å²) in [7, 11) is 1.59. The third-order valence-electron chi connectivity index (χ3n) is 3.26. The zero-order valence-electron chi connectivity index (χ0n) is 12.1. The molecule has 0 fully saturated rings. The maximum absolute atomic E-state index is 12.3. The minimum absolute atomic E-state index is 0.155. The monoisotopic (exact) mass is 303 g/mol. The maximum Gasteiger partial charge on any atom is 0.309 e. The van der Waals surface area contributed by atoms with Crippen LogP contribution in [0.1, 0.15) is 24.2 Å². The van der Waals surface area contributed by atoms with Crippen LogP contribution in [-0.2, 0) is 11.8 Å². The van der Waals surface area contributed by atoms with E-state index in [0.717, 1.165) is 6.20 Å². The first-order valence-corrected chi connectivity index (χ1v) is 6.28. The topological polar surface area (TPSA) is 132 Å². The van der Waals surface area contributed by atoms with Crippen LogP contribution in [0.4, 0.5) is 11.5 Å². The number of rotatable bonds is 4. The van der Waals surface area contributed by atoms with Crippen LogP contribution in [0, 0.1) is 28.4 Å². The van der Waals surface area contributed by atoms with E-state index in [-0.39, 0.29) is 22.8 Å². The van der Waals surface area contributed by atoms with Crippen LogP contribution in [-0.4, -0.2) is 30.4 Å². The van der Waals surface area contributed by atoms with Gasteiger partial charge in [0.15, 0.2) is 0 Å². The molecule has 0 aromatic carbocycles. The number of nitriles is 1. The minimum Gasteiger partial charge on any atom is -0.308 e. The molecule has 1 unspecified atom stereocenters. The second-order valence-corrected chi connectivity index (χ2v) is 4.62. The molecule has 2 heterocycles. The van der Waals surface area contributed by atoms with Crippen molar-refractivity contribution >= 4 is 17.4 Å². The second-order valence-electron chi connectivity index (χ2n) is 4.62. The Morgan fingerprint density at radius 3 is 2.73 bits per heavy atom. The average molecular weight is 303 g/mol. The van der Waals surface area contributed by atoms with Gasteiger partial charge in [0.2, 0.25) is 5.91 Å². The Kier molecular flexibility index (Phi) is 3.89. The molecule has 0 aliphatic carbocycles. The molecule has 0 spiro atoms. The molecule has 10 heteroatoms. The van der Waals surface area contributed by atoms with Crippen molar-refractivity contribution in [3.8, 4) is 6.07 Å². The molecule has 1 N–H and O–H groups in total. The number of aryl methyl sites for hydroxylation is 1. The molecule has 1 atom stereocenters. The van der Waals surface area contributed by atoms with Crippen LogP contribution in [0.3, 0.4) is 0 Å². The Morgan fingerprint density at radius 2 is 2.18 bits per heavy atom. The van der Waals surface area contributed by atoms with Gasteiger partial charge < -0.3 is 5.32 Å². The smallest absolute Gasteiger partial charge is 0.308 e. The van der Waals surface area contributed by atoms with E-state index in [2.05, 4.69) is 15.5 Å². The largest absolute Gasteiger partial charge is 0.309 e. The van der Waals surface area contributed by atoms with Gasteiger partial charge in [0.05, 0.1) is 11.1 Å². The Balaban J connectivity index is 2.25. The predicted octanol–water partition coefficient (Wildman–Crippen LogP) is 0.905. The highest BCUT2D eigenvalue weighted by Gasteiger charge is 2.24. The van der Waals surface area contributed by atoms with Crippen molar-refractivity contribution in [3.63, 3.8) is 0 Å². The molecule has 0 saturated carbocycles. The first-order valence-electron chi connectivity index (χ1n) is 6.28. The Morgan fingerprint density at radius 1 is 1.50 bits per heavy atom. The van der Waals surface area contributed by atoms with E-state index >= 15 is 0 Å². The number of carbonyl (C=O) groups is 1. The SMILES string of the molecule is Cc1c([N+](=O)[O-])cnn1C(C)C(=O)Nc1c(C#N)cnn1C. The number of hydrogen-bond acceptors (Lipinski definition) is 6. The Labute approximate surface area is 125 Å². The number of hydrogen-bond donors (Lipinski definition) is 1. The summed E-state index contributed by atoms with van der Waals surface area (Å²) in [5.41, 5.74) is 0.349. The van der Waals surface area contributed by atoms with Crippen molar-refractivity contribution in [2.75, 3.05) is 5.32 Å². The Hall–Kier alpha value is -3.22. The van der Waals surface area contributed by atoms with E-state index in [1.807, 2.05) is 6.07 Å². The van der Waals surface area contributed by atoms with E-state index in [9.17, 15) is 14.9 Å². The van der Waals surface area contributed by atoms with Crippen LogP contribution < -0.4 is 5.32 Å². The maximum atomic E-state index is 12.3. The summed E-state index contributed by atoms with van der Waals surface area (Å²) in [5, 5.41) is 30.1. The zero-order valence-corrected chi connectivity index (χ0v) is 12.1. The van der Waals surface area contributed by atoms with Gasteiger partial charge in [-0.25, -0.2) is 0 Å². The highest BCUT2D eigenvalue weighted by molar-refractivity contribution is 5.93. The second kappa shape index (κ2) is 5.65. The molecule has 2 aromatic rings. The standard InChI is InChI=1S/C12H13N7O3/c1-7-10(19(21)22)6-15-18(7)8(2)12(20)16-11-9(4-13)5-14-17(11)3/h5-6,8H,1-3H3,(H,16,20). The van der Waals surface area contributed by atoms with Gasteiger partial charge in [0.1, 0.15) is 35.4 Å². The van der Waals surface area contributed by atoms with Crippen LogP contribution in [0.5, 0.6) is 0 Å². The van der Waals surface area contributed by atoms with Crippen LogP contribution in [0.25, 0.3) is 0 Å². The number of carbonyl (C=O) groups excluding carboxylic acids is 1. The van der Waals surface area contributed by atoms with Gasteiger partial charge in [-0.1, -0.05) is 0 Å². The molecule has 114 valence electrons. The minimum atomic E-state index is -0.782. The number of anilines is 1. The van der Waals surface area contributed by atoms with E-state index in [1.165, 1.54) is 22.5 Å². The van der Waals surface area contributed by atoms with Crippen molar-refractivity contribution < 1.29 is 9.72 Å². The summed E-state index contributed by atoms with van der Waals surface area (Å²) in [6.45, 7) is 3.07. The lowest BCUT2D eigenvalue weighted by Gasteiger charge is -2.14. The lowest BCUT2D eigenvalue weighted by Crippen LogP contribution is -2.26. The van der Waals surface area contributed by atoms with Crippen molar-refractivity contribution in [2.24, 2.45) is 7.05 Å². The summed E-state index contributed by atoms with van der Waals surface area (Å²) in [5.74, 6) is -0.195. The normalized spacial score (nSPS) is 11.7. The number of aromatic nitrogens is 4. The molecular weight excluding hydrogens is 290 g/mol. The highest BCUT2D eigenvalue weighted by atomic mass is 16.6. The van der Waals surface area contributed by atoms with Gasteiger partial charge in [0, 0.05) is 7.05 Å². The first-order chi connectivity index (χ1) is 10.4. The number of nitro groups is 1. The van der Waals surface area contributed by atoms with E-state index < -0.39 is 16.9 Å². The molecule has 10 nitrogen and oxygen atoms in total. The van der Waals surface area contributed by atoms with Gasteiger partial charge in [-0.15, -0.1) is 0 Å². The van der Waals surface area contributed by atoms with E-state index in [1.54, 1.807) is 14.0 Å². The van der Waals surface area contributed by atoms with Crippen LogP contribution >= 0.6 is 0 Å². The molecule has 0 saturated heterocycles. The lowest BCUT2D eigenvalue weighted by atomic mass is 10.3. The molecule has 0 radical (unpaired) electrons. The fourth-order valence-electron chi connectivity index (χ4n) is 1.98. The molecule has 0 bridgehead atoms. The lowest BCUT2D eigenvalue weighted by molar-refractivity contribution is -0.385. The van der Waals surface area contributed by atoms with Gasteiger partial charge in [-0.05, 0) is 13.8 Å². The molecular formula is C12H13N7O3. The van der Waals surface area contributed by atoms with Gasteiger partial charge in [-0.3, -0.25) is 24.3 Å². The third kappa shape index (κ3) is 2.51. The van der Waals surface area contributed by atoms with Crippen molar-refractivity contribution in [1.29, 1.82) is 5.26 Å². The van der Waals surface area contributed by atoms with Crippen molar-refractivity contribution in [2.45, 2.75) is 19.9 Å². The predicted molar refractivity (Wildman–Crippen MR) is 74.9 cm³/mol.